The zero-order chi connectivity index (χ0) is 11.8. The predicted molar refractivity (Wildman–Crippen MR) is 63.7 cm³/mol. The van der Waals surface area contributed by atoms with Crippen LogP contribution in [0.2, 0.25) is 0 Å². The first-order valence-corrected chi connectivity index (χ1v) is 5.72. The second kappa shape index (κ2) is 6.64. The topological polar surface area (TPSA) is 47.6 Å². The standard InChI is InChI=1S/C14H16N2/c1-2-3-4-7-12(10-15)14-9-6-5-8-13(14)11-16/h5-6,8-9,12H,2-4,7H2,1H3. The predicted octanol–water partition coefficient (Wildman–Crippen LogP) is 3.75. The number of unbranched alkanes of at least 4 members (excludes halogenated alkanes) is 2. The number of hydrogen-bond acceptors (Lipinski definition) is 2. The van der Waals surface area contributed by atoms with Gasteiger partial charge in [0.2, 0.25) is 0 Å². The molecule has 2 nitrogen and oxygen atoms in total. The van der Waals surface area contributed by atoms with Crippen molar-refractivity contribution in [1.29, 1.82) is 10.5 Å². The Hall–Kier alpha value is -1.80. The van der Waals surface area contributed by atoms with Crippen LogP contribution in [-0.4, -0.2) is 0 Å². The smallest absolute Gasteiger partial charge is 0.0995 e. The fraction of sp³-hybridized carbons (Fsp3) is 0.429. The molecule has 0 bridgehead atoms. The minimum atomic E-state index is -0.137. The zero-order valence-corrected chi connectivity index (χ0v) is 9.61. The van der Waals surface area contributed by atoms with Gasteiger partial charge < -0.3 is 0 Å². The second-order valence-corrected chi connectivity index (χ2v) is 3.88. The Labute approximate surface area is 97.1 Å². The van der Waals surface area contributed by atoms with Gasteiger partial charge in [0.25, 0.3) is 0 Å². The zero-order valence-electron chi connectivity index (χ0n) is 9.61. The van der Waals surface area contributed by atoms with Crippen LogP contribution in [0.25, 0.3) is 0 Å². The summed E-state index contributed by atoms with van der Waals surface area (Å²) in [7, 11) is 0. The molecule has 0 aromatic heterocycles. The third-order valence-electron chi connectivity index (χ3n) is 2.71. The first-order chi connectivity index (χ1) is 7.83. The quantitative estimate of drug-likeness (QED) is 0.698. The molecule has 1 unspecified atom stereocenters. The largest absolute Gasteiger partial charge is 0.198 e. The maximum atomic E-state index is 9.14. The van der Waals surface area contributed by atoms with E-state index in [9.17, 15) is 0 Å². The third-order valence-corrected chi connectivity index (χ3v) is 2.71. The van der Waals surface area contributed by atoms with E-state index in [1.54, 1.807) is 6.07 Å². The molecule has 0 aliphatic carbocycles. The fourth-order valence-corrected chi connectivity index (χ4v) is 1.79. The lowest BCUT2D eigenvalue weighted by molar-refractivity contribution is 0.633. The fourth-order valence-electron chi connectivity index (χ4n) is 1.79. The van der Waals surface area contributed by atoms with Crippen molar-refractivity contribution in [3.8, 4) is 12.1 Å². The monoisotopic (exact) mass is 212 g/mol. The summed E-state index contributed by atoms with van der Waals surface area (Å²) < 4.78 is 0. The van der Waals surface area contributed by atoms with E-state index in [4.69, 9.17) is 10.5 Å². The number of rotatable bonds is 5. The van der Waals surface area contributed by atoms with Gasteiger partial charge in [-0.2, -0.15) is 10.5 Å². The van der Waals surface area contributed by atoms with Crippen LogP contribution in [0.3, 0.4) is 0 Å². The Morgan fingerprint density at radius 2 is 1.94 bits per heavy atom. The average molecular weight is 212 g/mol. The van der Waals surface area contributed by atoms with E-state index in [-0.39, 0.29) is 5.92 Å². The summed E-state index contributed by atoms with van der Waals surface area (Å²) in [6, 6.07) is 11.8. The van der Waals surface area contributed by atoms with Crippen LogP contribution in [0.15, 0.2) is 24.3 Å². The molecule has 1 rings (SSSR count). The van der Waals surface area contributed by atoms with Gasteiger partial charge in [-0.1, -0.05) is 44.4 Å². The normalized spacial score (nSPS) is 11.4. The van der Waals surface area contributed by atoms with Gasteiger partial charge in [-0.3, -0.25) is 0 Å². The third kappa shape index (κ3) is 3.11. The van der Waals surface area contributed by atoms with E-state index in [0.29, 0.717) is 5.56 Å². The van der Waals surface area contributed by atoms with Crippen molar-refractivity contribution in [1.82, 2.24) is 0 Å². The van der Waals surface area contributed by atoms with E-state index in [1.165, 1.54) is 0 Å². The molecule has 0 radical (unpaired) electrons. The molecule has 0 fully saturated rings. The van der Waals surface area contributed by atoms with Crippen LogP contribution in [0, 0.1) is 22.7 Å². The molecule has 1 aromatic rings. The molecular weight excluding hydrogens is 196 g/mol. The Bertz CT molecular complexity index is 409. The van der Waals surface area contributed by atoms with E-state index >= 15 is 0 Å². The first kappa shape index (κ1) is 12.3. The molecule has 0 amide bonds. The highest BCUT2D eigenvalue weighted by molar-refractivity contribution is 5.41. The highest BCUT2D eigenvalue weighted by Gasteiger charge is 2.13. The summed E-state index contributed by atoms with van der Waals surface area (Å²) in [5, 5.41) is 18.1. The molecular formula is C14H16N2. The van der Waals surface area contributed by atoms with Crippen molar-refractivity contribution < 1.29 is 0 Å². The van der Waals surface area contributed by atoms with E-state index in [2.05, 4.69) is 19.1 Å². The van der Waals surface area contributed by atoms with Crippen LogP contribution >= 0.6 is 0 Å². The number of nitrogens with zero attached hydrogens (tertiary/aromatic N) is 2. The summed E-state index contributed by atoms with van der Waals surface area (Å²) in [4.78, 5) is 0. The van der Waals surface area contributed by atoms with Crippen LogP contribution < -0.4 is 0 Å². The van der Waals surface area contributed by atoms with E-state index in [1.807, 2.05) is 18.2 Å². The Kier molecular flexibility index (Phi) is 5.09. The maximum Gasteiger partial charge on any atom is 0.0995 e. The highest BCUT2D eigenvalue weighted by Crippen LogP contribution is 2.24. The van der Waals surface area contributed by atoms with Gasteiger partial charge in [-0.25, -0.2) is 0 Å². The van der Waals surface area contributed by atoms with Gasteiger partial charge in [0.1, 0.15) is 0 Å². The molecule has 16 heavy (non-hydrogen) atoms. The van der Waals surface area contributed by atoms with Gasteiger partial charge in [0.05, 0.1) is 23.6 Å². The lowest BCUT2D eigenvalue weighted by Gasteiger charge is -2.10. The number of nitriles is 2. The van der Waals surface area contributed by atoms with Crippen molar-refractivity contribution in [2.75, 3.05) is 0 Å². The number of benzene rings is 1. The van der Waals surface area contributed by atoms with Gasteiger partial charge in [0.15, 0.2) is 0 Å². The average Bonchev–Trinajstić information content (AvgIpc) is 2.35. The molecule has 0 saturated carbocycles. The van der Waals surface area contributed by atoms with Crippen molar-refractivity contribution in [2.24, 2.45) is 0 Å². The summed E-state index contributed by atoms with van der Waals surface area (Å²) in [6.07, 6.45) is 4.20. The summed E-state index contributed by atoms with van der Waals surface area (Å²) in [5.41, 5.74) is 1.51. The highest BCUT2D eigenvalue weighted by atomic mass is 14.3. The SMILES string of the molecule is CCCCCC(C#N)c1ccccc1C#N. The Balaban J connectivity index is 2.80. The Morgan fingerprint density at radius 1 is 1.19 bits per heavy atom. The van der Waals surface area contributed by atoms with Crippen LogP contribution in [-0.2, 0) is 0 Å². The van der Waals surface area contributed by atoms with Crippen LogP contribution in [0.4, 0.5) is 0 Å². The van der Waals surface area contributed by atoms with Gasteiger partial charge in [-0.15, -0.1) is 0 Å². The molecule has 0 N–H and O–H groups in total. The van der Waals surface area contributed by atoms with Gasteiger partial charge in [-0.05, 0) is 18.1 Å². The van der Waals surface area contributed by atoms with Crippen molar-refractivity contribution in [3.63, 3.8) is 0 Å². The van der Waals surface area contributed by atoms with Crippen LogP contribution in [0.1, 0.15) is 49.7 Å². The minimum Gasteiger partial charge on any atom is -0.198 e. The molecule has 0 saturated heterocycles. The van der Waals surface area contributed by atoms with Gasteiger partial charge in [0, 0.05) is 0 Å². The number of hydrogen-bond donors (Lipinski definition) is 0. The minimum absolute atomic E-state index is 0.137. The van der Waals surface area contributed by atoms with Crippen molar-refractivity contribution >= 4 is 0 Å². The Morgan fingerprint density at radius 3 is 2.56 bits per heavy atom. The summed E-state index contributed by atoms with van der Waals surface area (Å²) >= 11 is 0. The second-order valence-electron chi connectivity index (χ2n) is 3.88. The van der Waals surface area contributed by atoms with Crippen molar-refractivity contribution in [3.05, 3.63) is 35.4 Å². The van der Waals surface area contributed by atoms with Crippen LogP contribution in [0.5, 0.6) is 0 Å². The van der Waals surface area contributed by atoms with E-state index < -0.39 is 0 Å². The summed E-state index contributed by atoms with van der Waals surface area (Å²) in [6.45, 7) is 2.14. The molecule has 1 aromatic carbocycles. The summed E-state index contributed by atoms with van der Waals surface area (Å²) in [5.74, 6) is -0.137. The molecule has 82 valence electrons. The maximum absolute atomic E-state index is 9.14. The molecule has 0 aliphatic rings. The molecule has 0 aliphatic heterocycles. The first-order valence-electron chi connectivity index (χ1n) is 5.72. The van der Waals surface area contributed by atoms with Gasteiger partial charge >= 0.3 is 0 Å². The van der Waals surface area contributed by atoms with E-state index in [0.717, 1.165) is 31.2 Å². The molecule has 0 heterocycles. The molecule has 2 heteroatoms. The van der Waals surface area contributed by atoms with Crippen molar-refractivity contribution in [2.45, 2.75) is 38.5 Å². The lowest BCUT2D eigenvalue weighted by atomic mass is 9.91. The molecule has 1 atom stereocenters. The molecule has 0 spiro atoms. The lowest BCUT2D eigenvalue weighted by Crippen LogP contribution is -1.99.